The molecule has 33 heavy (non-hydrogen) atoms. The Bertz CT molecular complexity index is 1030. The van der Waals surface area contributed by atoms with Gasteiger partial charge in [-0.25, -0.2) is 4.39 Å². The van der Waals surface area contributed by atoms with Crippen molar-refractivity contribution >= 4 is 17.4 Å². The zero-order valence-corrected chi connectivity index (χ0v) is 19.5. The Morgan fingerprint density at radius 1 is 1.09 bits per heavy atom. The van der Waals surface area contributed by atoms with E-state index in [1.165, 1.54) is 11.0 Å². The van der Waals surface area contributed by atoms with Crippen LogP contribution in [-0.4, -0.2) is 58.9 Å². The largest absolute Gasteiger partial charge is 0.507 e. The van der Waals surface area contributed by atoms with Crippen molar-refractivity contribution in [1.29, 1.82) is 0 Å². The number of aliphatic hydroxyl groups is 1. The monoisotopic (exact) mass is 454 g/mol. The molecule has 0 unspecified atom stereocenters. The molecule has 6 nitrogen and oxygen atoms in total. The fourth-order valence-electron chi connectivity index (χ4n) is 4.04. The van der Waals surface area contributed by atoms with Crippen LogP contribution >= 0.6 is 0 Å². The number of likely N-dealkylation sites (N-methyl/N-ethyl adjacent to an activating group) is 1. The number of benzene rings is 2. The molecule has 1 amide bonds. The summed E-state index contributed by atoms with van der Waals surface area (Å²) in [5.41, 5.74) is 0.425. The molecule has 0 spiro atoms. The topological polar surface area (TPSA) is 70.1 Å². The fourth-order valence-corrected chi connectivity index (χ4v) is 4.04. The molecule has 3 rings (SSSR count). The number of ether oxygens (including phenoxy) is 1. The molecule has 1 aliphatic rings. The highest BCUT2D eigenvalue weighted by Crippen LogP contribution is 2.40. The molecule has 0 saturated carbocycles. The summed E-state index contributed by atoms with van der Waals surface area (Å²) in [4.78, 5) is 29.5. The van der Waals surface area contributed by atoms with E-state index in [2.05, 4.69) is 4.90 Å². The predicted molar refractivity (Wildman–Crippen MR) is 125 cm³/mol. The van der Waals surface area contributed by atoms with Crippen LogP contribution in [0, 0.1) is 5.82 Å². The van der Waals surface area contributed by atoms with Crippen molar-refractivity contribution in [3.63, 3.8) is 0 Å². The average Bonchev–Trinajstić information content (AvgIpc) is 3.04. The van der Waals surface area contributed by atoms with Crippen LogP contribution in [0.4, 0.5) is 4.39 Å². The van der Waals surface area contributed by atoms with Crippen molar-refractivity contribution in [1.82, 2.24) is 9.80 Å². The van der Waals surface area contributed by atoms with Gasteiger partial charge in [-0.3, -0.25) is 9.59 Å². The predicted octanol–water partition coefficient (Wildman–Crippen LogP) is 4.38. The number of hydrogen-bond donors (Lipinski definition) is 1. The van der Waals surface area contributed by atoms with Crippen molar-refractivity contribution in [2.24, 2.45) is 0 Å². The van der Waals surface area contributed by atoms with E-state index < -0.39 is 23.5 Å². The SMILES string of the molecule is CCN(CC)CCN1C(=O)C(=O)C(=C(O)c2ccc(OC(C)C)cc2)[C@H]1c1ccccc1F. The summed E-state index contributed by atoms with van der Waals surface area (Å²) in [6.45, 7) is 10.2. The Labute approximate surface area is 194 Å². The molecule has 2 aromatic carbocycles. The lowest BCUT2D eigenvalue weighted by Gasteiger charge is -2.28. The first-order valence-corrected chi connectivity index (χ1v) is 11.3. The van der Waals surface area contributed by atoms with Gasteiger partial charge in [0.1, 0.15) is 17.3 Å². The summed E-state index contributed by atoms with van der Waals surface area (Å²) >= 11 is 0. The van der Waals surface area contributed by atoms with Gasteiger partial charge in [0.05, 0.1) is 17.7 Å². The van der Waals surface area contributed by atoms with Gasteiger partial charge in [-0.2, -0.15) is 0 Å². The highest BCUT2D eigenvalue weighted by atomic mass is 19.1. The minimum absolute atomic E-state index is 0.0124. The number of hydrogen-bond acceptors (Lipinski definition) is 5. The molecule has 0 bridgehead atoms. The van der Waals surface area contributed by atoms with Crippen LogP contribution in [0.3, 0.4) is 0 Å². The number of halogens is 1. The Morgan fingerprint density at radius 3 is 2.30 bits per heavy atom. The summed E-state index contributed by atoms with van der Waals surface area (Å²) in [7, 11) is 0. The number of ketones is 1. The van der Waals surface area contributed by atoms with Crippen molar-refractivity contribution in [2.75, 3.05) is 26.2 Å². The van der Waals surface area contributed by atoms with Gasteiger partial charge in [-0.1, -0.05) is 32.0 Å². The first-order valence-electron chi connectivity index (χ1n) is 11.3. The Morgan fingerprint density at radius 2 is 1.73 bits per heavy atom. The van der Waals surface area contributed by atoms with Gasteiger partial charge in [0.25, 0.3) is 11.7 Å². The Hall–Kier alpha value is -3.19. The molecule has 1 atom stereocenters. The van der Waals surface area contributed by atoms with E-state index in [1.54, 1.807) is 42.5 Å². The normalized spacial score (nSPS) is 17.9. The molecule has 0 aliphatic carbocycles. The molecular weight excluding hydrogens is 423 g/mol. The number of Topliss-reactive ketones (excluding diaryl/α,β-unsaturated/α-hetero) is 1. The second kappa shape index (κ2) is 10.6. The molecule has 0 radical (unpaired) electrons. The summed E-state index contributed by atoms with van der Waals surface area (Å²) in [6.07, 6.45) is -0.0124. The average molecular weight is 455 g/mol. The minimum atomic E-state index is -1.01. The van der Waals surface area contributed by atoms with Gasteiger partial charge in [0.15, 0.2) is 0 Å². The summed E-state index contributed by atoms with van der Waals surface area (Å²) in [6, 6.07) is 11.6. The maximum absolute atomic E-state index is 14.8. The van der Waals surface area contributed by atoms with Gasteiger partial charge in [-0.15, -0.1) is 0 Å². The standard InChI is InChI=1S/C26H31FN2O4/c1-5-28(6-2)15-16-29-23(20-9-7-8-10-21(20)27)22(25(31)26(29)32)24(30)18-11-13-19(14-12-18)33-17(3)4/h7-14,17,23,30H,5-6,15-16H2,1-4H3/t23-/m1/s1. The number of aliphatic hydroxyl groups excluding tert-OH is 1. The zero-order chi connectivity index (χ0) is 24.1. The number of amides is 1. The van der Waals surface area contributed by atoms with Crippen LogP contribution in [0.2, 0.25) is 0 Å². The van der Waals surface area contributed by atoms with Gasteiger partial charge in [-0.05, 0) is 57.3 Å². The van der Waals surface area contributed by atoms with Gasteiger partial charge in [0, 0.05) is 24.2 Å². The quantitative estimate of drug-likeness (QED) is 0.346. The lowest BCUT2D eigenvalue weighted by molar-refractivity contribution is -0.140. The van der Waals surface area contributed by atoms with Crippen molar-refractivity contribution < 1.29 is 23.8 Å². The number of carbonyl (C=O) groups is 2. The molecular formula is C26H31FN2O4. The lowest BCUT2D eigenvalue weighted by atomic mass is 9.95. The van der Waals surface area contributed by atoms with Crippen LogP contribution in [-0.2, 0) is 9.59 Å². The second-order valence-electron chi connectivity index (χ2n) is 8.23. The van der Waals surface area contributed by atoms with Crippen LogP contribution in [0.1, 0.15) is 44.9 Å². The van der Waals surface area contributed by atoms with E-state index in [4.69, 9.17) is 4.74 Å². The molecule has 1 aliphatic heterocycles. The van der Waals surface area contributed by atoms with E-state index in [-0.39, 0.29) is 29.5 Å². The molecule has 1 fully saturated rings. The summed E-state index contributed by atoms with van der Waals surface area (Å²) in [5, 5.41) is 11.1. The molecule has 176 valence electrons. The summed E-state index contributed by atoms with van der Waals surface area (Å²) < 4.78 is 20.5. The minimum Gasteiger partial charge on any atom is -0.507 e. The molecule has 1 N–H and O–H groups in total. The van der Waals surface area contributed by atoms with E-state index in [9.17, 15) is 19.1 Å². The first-order chi connectivity index (χ1) is 15.8. The van der Waals surface area contributed by atoms with E-state index in [0.29, 0.717) is 17.9 Å². The van der Waals surface area contributed by atoms with Crippen LogP contribution in [0.5, 0.6) is 5.75 Å². The van der Waals surface area contributed by atoms with Gasteiger partial charge in [0.2, 0.25) is 0 Å². The fraction of sp³-hybridized carbons (Fsp3) is 0.385. The maximum Gasteiger partial charge on any atom is 0.295 e. The first kappa shape index (κ1) is 24.5. The molecule has 1 heterocycles. The molecule has 7 heteroatoms. The lowest BCUT2D eigenvalue weighted by Crippen LogP contribution is -2.38. The third kappa shape index (κ3) is 5.25. The van der Waals surface area contributed by atoms with E-state index in [0.717, 1.165) is 13.1 Å². The van der Waals surface area contributed by atoms with Crippen molar-refractivity contribution in [3.05, 3.63) is 71.0 Å². The number of likely N-dealkylation sites (tertiary alicyclic amines) is 1. The third-order valence-electron chi connectivity index (χ3n) is 5.79. The maximum atomic E-state index is 14.8. The molecule has 1 saturated heterocycles. The number of rotatable bonds is 9. The van der Waals surface area contributed by atoms with Gasteiger partial charge < -0.3 is 19.6 Å². The third-order valence-corrected chi connectivity index (χ3v) is 5.79. The Kier molecular flexibility index (Phi) is 7.87. The van der Waals surface area contributed by atoms with Gasteiger partial charge >= 0.3 is 0 Å². The van der Waals surface area contributed by atoms with Crippen molar-refractivity contribution in [2.45, 2.75) is 39.8 Å². The highest BCUT2D eigenvalue weighted by molar-refractivity contribution is 6.46. The van der Waals surface area contributed by atoms with E-state index >= 15 is 0 Å². The molecule has 2 aromatic rings. The number of carbonyl (C=O) groups excluding carboxylic acids is 2. The zero-order valence-electron chi connectivity index (χ0n) is 19.5. The Balaban J connectivity index is 2.06. The summed E-state index contributed by atoms with van der Waals surface area (Å²) in [5.74, 6) is -1.81. The van der Waals surface area contributed by atoms with Crippen LogP contribution < -0.4 is 4.74 Å². The number of nitrogens with zero attached hydrogens (tertiary/aromatic N) is 2. The van der Waals surface area contributed by atoms with Crippen LogP contribution in [0.15, 0.2) is 54.1 Å². The second-order valence-corrected chi connectivity index (χ2v) is 8.23. The molecule has 0 aromatic heterocycles. The van der Waals surface area contributed by atoms with E-state index in [1.807, 2.05) is 27.7 Å². The highest BCUT2D eigenvalue weighted by Gasteiger charge is 2.46. The smallest absolute Gasteiger partial charge is 0.295 e. The van der Waals surface area contributed by atoms with Crippen molar-refractivity contribution in [3.8, 4) is 5.75 Å². The van der Waals surface area contributed by atoms with Crippen LogP contribution in [0.25, 0.3) is 5.76 Å².